The minimum Gasteiger partial charge on any atom is -0.484 e. The lowest BCUT2D eigenvalue weighted by molar-refractivity contribution is -0.124. The first-order valence-electron chi connectivity index (χ1n) is 9.60. The quantitative estimate of drug-likeness (QED) is 0.578. The van der Waals surface area contributed by atoms with Crippen LogP contribution in [0, 0.1) is 11.3 Å². The van der Waals surface area contributed by atoms with Gasteiger partial charge in [0.25, 0.3) is 5.91 Å². The van der Waals surface area contributed by atoms with Gasteiger partial charge in [-0.2, -0.15) is 0 Å². The molecule has 1 saturated carbocycles. The van der Waals surface area contributed by atoms with Gasteiger partial charge < -0.3 is 25.4 Å². The minimum absolute atomic E-state index is 0. The predicted molar refractivity (Wildman–Crippen MR) is 110 cm³/mol. The van der Waals surface area contributed by atoms with Gasteiger partial charge in [0.15, 0.2) is 6.61 Å². The molecule has 0 unspecified atom stereocenters. The summed E-state index contributed by atoms with van der Waals surface area (Å²) in [6.45, 7) is 3.05. The molecule has 1 aromatic carbocycles. The second-order valence-electron chi connectivity index (χ2n) is 7.54. The van der Waals surface area contributed by atoms with E-state index in [0.717, 1.165) is 38.8 Å². The zero-order valence-corrected chi connectivity index (χ0v) is 17.1. The monoisotopic (exact) mass is 411 g/mol. The van der Waals surface area contributed by atoms with Gasteiger partial charge in [-0.3, -0.25) is 9.59 Å². The van der Waals surface area contributed by atoms with Crippen molar-refractivity contribution in [3.63, 3.8) is 0 Å². The number of ether oxygens (including phenoxy) is 2. The third-order valence-corrected chi connectivity index (χ3v) is 5.19. The molecule has 7 nitrogen and oxygen atoms in total. The first-order valence-corrected chi connectivity index (χ1v) is 9.60. The highest BCUT2D eigenvalue weighted by Crippen LogP contribution is 2.30. The largest absolute Gasteiger partial charge is 0.484 e. The Kier molecular flexibility index (Phi) is 8.54. The Balaban J connectivity index is 0.00000280. The lowest BCUT2D eigenvalue weighted by atomic mass is 9.79. The zero-order valence-electron chi connectivity index (χ0n) is 16.3. The fourth-order valence-electron chi connectivity index (χ4n) is 3.37. The maximum atomic E-state index is 12.2. The summed E-state index contributed by atoms with van der Waals surface area (Å²) < 4.78 is 11.0. The molecule has 0 aromatic heterocycles. The number of hydrogen-bond donors (Lipinski definition) is 3. The molecule has 156 valence electrons. The standard InChI is InChI=1S/C20H29N3O4.ClH/c1-26-14-20(7-9-21-10-8-20)13-22-18(24)12-27-17-4-2-3-16(11-17)23-19(25)15-5-6-15;/h2-4,11,15,21H,5-10,12-14H2,1H3,(H,22,24)(H,23,25);1H. The van der Waals surface area contributed by atoms with Gasteiger partial charge in [0.05, 0.1) is 6.61 Å². The molecule has 0 spiro atoms. The Labute approximate surface area is 172 Å². The molecule has 0 atom stereocenters. The SMILES string of the molecule is COCC1(CNC(=O)COc2cccc(NC(=O)C3CC3)c2)CCNCC1.Cl. The molecule has 8 heteroatoms. The molecule has 3 rings (SSSR count). The smallest absolute Gasteiger partial charge is 0.257 e. The first-order chi connectivity index (χ1) is 13.1. The van der Waals surface area contributed by atoms with E-state index in [2.05, 4.69) is 16.0 Å². The molecule has 2 amide bonds. The summed E-state index contributed by atoms with van der Waals surface area (Å²) in [6.07, 6.45) is 3.88. The number of piperidine rings is 1. The van der Waals surface area contributed by atoms with Crippen LogP contribution in [0.5, 0.6) is 5.75 Å². The summed E-state index contributed by atoms with van der Waals surface area (Å²) in [4.78, 5) is 24.0. The van der Waals surface area contributed by atoms with Crippen molar-refractivity contribution in [3.8, 4) is 5.75 Å². The van der Waals surface area contributed by atoms with Gasteiger partial charge >= 0.3 is 0 Å². The highest BCUT2D eigenvalue weighted by atomic mass is 35.5. The molecule has 1 aliphatic heterocycles. The number of carbonyl (C=O) groups excluding carboxylic acids is 2. The Morgan fingerprint density at radius 3 is 2.68 bits per heavy atom. The highest BCUT2D eigenvalue weighted by Gasteiger charge is 2.32. The van der Waals surface area contributed by atoms with Crippen LogP contribution in [0.4, 0.5) is 5.69 Å². The lowest BCUT2D eigenvalue weighted by Gasteiger charge is -2.37. The normalized spacial score (nSPS) is 17.9. The van der Waals surface area contributed by atoms with Crippen LogP contribution >= 0.6 is 12.4 Å². The average molecular weight is 412 g/mol. The topological polar surface area (TPSA) is 88.7 Å². The summed E-state index contributed by atoms with van der Waals surface area (Å²) in [5.74, 6) is 0.605. The molecule has 3 N–H and O–H groups in total. The Bertz CT molecular complexity index is 655. The summed E-state index contributed by atoms with van der Waals surface area (Å²) in [7, 11) is 1.70. The molecule has 28 heavy (non-hydrogen) atoms. The van der Waals surface area contributed by atoms with Crippen molar-refractivity contribution in [2.24, 2.45) is 11.3 Å². The second-order valence-corrected chi connectivity index (χ2v) is 7.54. The van der Waals surface area contributed by atoms with Crippen LogP contribution in [0.1, 0.15) is 25.7 Å². The number of methoxy groups -OCH3 is 1. The van der Waals surface area contributed by atoms with E-state index in [9.17, 15) is 9.59 Å². The third kappa shape index (κ3) is 6.65. The average Bonchev–Trinajstić information content (AvgIpc) is 3.52. The van der Waals surface area contributed by atoms with Crippen molar-refractivity contribution in [1.82, 2.24) is 10.6 Å². The summed E-state index contributed by atoms with van der Waals surface area (Å²) in [5, 5.41) is 9.20. The molecule has 1 aromatic rings. The molecule has 1 aliphatic carbocycles. The van der Waals surface area contributed by atoms with Gasteiger partial charge in [0, 0.05) is 36.7 Å². The van der Waals surface area contributed by atoms with Crippen molar-refractivity contribution in [3.05, 3.63) is 24.3 Å². The van der Waals surface area contributed by atoms with E-state index in [-0.39, 0.29) is 42.2 Å². The van der Waals surface area contributed by atoms with Crippen LogP contribution in [0.2, 0.25) is 0 Å². The predicted octanol–water partition coefficient (Wildman–Crippen LogP) is 1.97. The number of nitrogens with one attached hydrogen (secondary N) is 3. The first kappa shape index (κ1) is 22.5. The fourth-order valence-corrected chi connectivity index (χ4v) is 3.37. The number of benzene rings is 1. The number of rotatable bonds is 9. The van der Waals surface area contributed by atoms with Crippen LogP contribution in [0.15, 0.2) is 24.3 Å². The van der Waals surface area contributed by atoms with Gasteiger partial charge in [-0.25, -0.2) is 0 Å². The van der Waals surface area contributed by atoms with E-state index in [1.807, 2.05) is 6.07 Å². The number of halogens is 1. The molecule has 0 radical (unpaired) electrons. The highest BCUT2D eigenvalue weighted by molar-refractivity contribution is 5.94. The van der Waals surface area contributed by atoms with Crippen molar-refractivity contribution >= 4 is 29.9 Å². The van der Waals surface area contributed by atoms with Gasteiger partial charge in [-0.05, 0) is 50.9 Å². The Hall–Kier alpha value is -1.83. The molecule has 0 bridgehead atoms. The fraction of sp³-hybridized carbons (Fsp3) is 0.600. The van der Waals surface area contributed by atoms with Crippen LogP contribution in [-0.2, 0) is 14.3 Å². The van der Waals surface area contributed by atoms with Gasteiger partial charge in [0.2, 0.25) is 5.91 Å². The zero-order chi connectivity index (χ0) is 19.1. The van der Waals surface area contributed by atoms with Crippen molar-refractivity contribution in [2.75, 3.05) is 45.3 Å². The van der Waals surface area contributed by atoms with E-state index in [4.69, 9.17) is 9.47 Å². The number of amides is 2. The molecular weight excluding hydrogens is 382 g/mol. The molecule has 1 saturated heterocycles. The lowest BCUT2D eigenvalue weighted by Crippen LogP contribution is -2.47. The maximum absolute atomic E-state index is 12.2. The summed E-state index contributed by atoms with van der Waals surface area (Å²) in [5.41, 5.74) is 0.682. The van der Waals surface area contributed by atoms with E-state index >= 15 is 0 Å². The minimum atomic E-state index is -0.156. The van der Waals surface area contributed by atoms with Crippen LogP contribution in [0.3, 0.4) is 0 Å². The second kappa shape index (κ2) is 10.6. The number of anilines is 1. The summed E-state index contributed by atoms with van der Waals surface area (Å²) in [6, 6.07) is 7.14. The molecule has 1 heterocycles. The third-order valence-electron chi connectivity index (χ3n) is 5.19. The Morgan fingerprint density at radius 1 is 1.25 bits per heavy atom. The van der Waals surface area contributed by atoms with Gasteiger partial charge in [0.1, 0.15) is 5.75 Å². The van der Waals surface area contributed by atoms with Gasteiger partial charge in [-0.15, -0.1) is 12.4 Å². The molecule has 2 fully saturated rings. The van der Waals surface area contributed by atoms with Crippen molar-refractivity contribution < 1.29 is 19.1 Å². The van der Waals surface area contributed by atoms with E-state index < -0.39 is 0 Å². The van der Waals surface area contributed by atoms with Crippen LogP contribution < -0.4 is 20.7 Å². The van der Waals surface area contributed by atoms with E-state index in [0.29, 0.717) is 24.6 Å². The van der Waals surface area contributed by atoms with Crippen LogP contribution in [-0.4, -0.2) is 51.8 Å². The van der Waals surface area contributed by atoms with Crippen LogP contribution in [0.25, 0.3) is 0 Å². The maximum Gasteiger partial charge on any atom is 0.257 e. The van der Waals surface area contributed by atoms with Crippen molar-refractivity contribution in [1.29, 1.82) is 0 Å². The van der Waals surface area contributed by atoms with Gasteiger partial charge in [-0.1, -0.05) is 6.07 Å². The van der Waals surface area contributed by atoms with Crippen molar-refractivity contribution in [2.45, 2.75) is 25.7 Å². The molecule has 2 aliphatic rings. The summed E-state index contributed by atoms with van der Waals surface area (Å²) >= 11 is 0. The van der Waals surface area contributed by atoms with E-state index in [1.165, 1.54) is 0 Å². The van der Waals surface area contributed by atoms with E-state index in [1.54, 1.807) is 25.3 Å². The number of carbonyl (C=O) groups is 2. The number of hydrogen-bond acceptors (Lipinski definition) is 5. The molecular formula is C20H30ClN3O4. The Morgan fingerprint density at radius 2 is 2.00 bits per heavy atom.